The van der Waals surface area contributed by atoms with Crippen molar-refractivity contribution in [2.75, 3.05) is 6.86 Å². The molecule has 0 saturated carbocycles. The number of hydrogen-bond donors (Lipinski definition) is 2. The molecule has 0 aliphatic carbocycles. The lowest BCUT2D eigenvalue weighted by Gasteiger charge is -2.14. The zero-order valence-corrected chi connectivity index (χ0v) is 11.9. The molecule has 1 aromatic carbocycles. The molecule has 0 aliphatic heterocycles. The van der Waals surface area contributed by atoms with Crippen LogP contribution in [0.4, 0.5) is 4.39 Å². The van der Waals surface area contributed by atoms with Gasteiger partial charge in [-0.15, -0.1) is 0 Å². The third-order valence-corrected chi connectivity index (χ3v) is 3.32. The number of carbonyl (C=O) groups is 2. The van der Waals surface area contributed by atoms with E-state index in [4.69, 9.17) is 5.73 Å². The van der Waals surface area contributed by atoms with E-state index in [1.165, 1.54) is 6.92 Å². The molecule has 0 spiro atoms. The third kappa shape index (κ3) is 5.91. The van der Waals surface area contributed by atoms with Gasteiger partial charge in [0.1, 0.15) is 11.5 Å². The van der Waals surface area contributed by atoms with Crippen LogP contribution in [0.25, 0.3) is 0 Å². The maximum Gasteiger partial charge on any atom is 0.306 e. The van der Waals surface area contributed by atoms with E-state index >= 15 is 0 Å². The first-order valence-corrected chi connectivity index (χ1v) is 6.70. The Hall–Kier alpha value is -1.95. The second-order valence-corrected chi connectivity index (χ2v) is 4.93. The largest absolute Gasteiger partial charge is 0.481 e. The van der Waals surface area contributed by atoms with Gasteiger partial charge in [-0.05, 0) is 43.9 Å². The molecule has 5 nitrogen and oxygen atoms in total. The molecule has 3 N–H and O–H groups in total. The number of ketones is 1. The first-order chi connectivity index (χ1) is 9.93. The number of nitrogens with two attached hydrogens (primary N) is 1. The summed E-state index contributed by atoms with van der Waals surface area (Å²) in [4.78, 5) is 22.3. The Bertz CT molecular complexity index is 475. The summed E-state index contributed by atoms with van der Waals surface area (Å²) in [5.41, 5.74) is 6.43. The van der Waals surface area contributed by atoms with Crippen molar-refractivity contribution in [3.05, 3.63) is 29.8 Å². The summed E-state index contributed by atoms with van der Waals surface area (Å²) in [6.45, 7) is 0.490. The molecule has 0 unspecified atom stereocenters. The Labute approximate surface area is 122 Å². The Morgan fingerprint density at radius 3 is 2.38 bits per heavy atom. The van der Waals surface area contributed by atoms with Crippen LogP contribution < -0.4 is 10.5 Å². The van der Waals surface area contributed by atoms with Crippen LogP contribution in [0.5, 0.6) is 5.75 Å². The van der Waals surface area contributed by atoms with Crippen molar-refractivity contribution in [1.82, 2.24) is 0 Å². The molecular formula is C15H20FNO4. The van der Waals surface area contributed by atoms with Crippen molar-refractivity contribution in [2.45, 2.75) is 32.2 Å². The Morgan fingerprint density at radius 2 is 1.90 bits per heavy atom. The number of rotatable bonds is 9. The van der Waals surface area contributed by atoms with Crippen LogP contribution in [0, 0.1) is 5.92 Å². The SMILES string of the molecule is CC(=O)[C@@H](N)CC[C@H](Cc1ccc(OC[18F])cc1)C(=O)O. The fraction of sp³-hybridized carbons (Fsp3) is 0.467. The Kier molecular flexibility index (Phi) is 6.81. The number of ether oxygens (including phenoxy) is 1. The van der Waals surface area contributed by atoms with Gasteiger partial charge in [0.2, 0.25) is 6.86 Å². The molecule has 0 amide bonds. The standard InChI is InChI=1S/C15H20FNO4/c1-10(18)14(17)7-4-12(15(19)20)8-11-2-5-13(6-3-11)21-9-16/h2-3,5-6,12,14H,4,7-9,17H2,1H3,(H,19,20)/t12-,14+/m1/s1/i16-1. The molecule has 116 valence electrons. The average Bonchev–Trinajstić information content (AvgIpc) is 2.44. The number of halogens is 1. The van der Waals surface area contributed by atoms with Gasteiger partial charge in [0.25, 0.3) is 0 Å². The molecule has 2 atom stereocenters. The summed E-state index contributed by atoms with van der Waals surface area (Å²) in [6.07, 6.45) is 1.00. The highest BCUT2D eigenvalue weighted by atomic mass is 18.2. The minimum absolute atomic E-state index is 0.146. The van der Waals surface area contributed by atoms with E-state index in [-0.39, 0.29) is 5.78 Å². The summed E-state index contributed by atoms with van der Waals surface area (Å²) < 4.78 is 16.7. The molecule has 0 fully saturated rings. The molecule has 0 bridgehead atoms. The summed E-state index contributed by atoms with van der Waals surface area (Å²) in [5.74, 6) is -1.28. The van der Waals surface area contributed by atoms with E-state index in [0.29, 0.717) is 25.0 Å². The van der Waals surface area contributed by atoms with Crippen molar-refractivity contribution in [3.8, 4) is 5.75 Å². The van der Waals surface area contributed by atoms with Gasteiger partial charge in [-0.3, -0.25) is 9.59 Å². The van der Waals surface area contributed by atoms with Crippen LogP contribution in [0.1, 0.15) is 25.3 Å². The molecule has 6 heteroatoms. The highest BCUT2D eigenvalue weighted by molar-refractivity contribution is 5.81. The normalized spacial score (nSPS) is 13.5. The molecule has 0 aliphatic rings. The van der Waals surface area contributed by atoms with Gasteiger partial charge >= 0.3 is 5.97 Å². The number of hydrogen-bond acceptors (Lipinski definition) is 4. The lowest BCUT2D eigenvalue weighted by Crippen LogP contribution is -2.30. The van der Waals surface area contributed by atoms with Crippen LogP contribution in [0.2, 0.25) is 0 Å². The lowest BCUT2D eigenvalue weighted by atomic mass is 9.92. The zero-order chi connectivity index (χ0) is 15.8. The van der Waals surface area contributed by atoms with Gasteiger partial charge in [-0.1, -0.05) is 12.1 Å². The van der Waals surface area contributed by atoms with Crippen molar-refractivity contribution in [2.24, 2.45) is 11.7 Å². The Morgan fingerprint density at radius 1 is 1.29 bits per heavy atom. The Balaban J connectivity index is 2.61. The minimum Gasteiger partial charge on any atom is -0.481 e. The van der Waals surface area contributed by atoms with Gasteiger partial charge in [0.05, 0.1) is 12.0 Å². The van der Waals surface area contributed by atoms with Gasteiger partial charge in [-0.25, -0.2) is 4.39 Å². The van der Waals surface area contributed by atoms with Crippen molar-refractivity contribution in [1.29, 1.82) is 0 Å². The van der Waals surface area contributed by atoms with E-state index in [9.17, 15) is 19.1 Å². The van der Waals surface area contributed by atoms with E-state index < -0.39 is 24.8 Å². The van der Waals surface area contributed by atoms with Crippen LogP contribution >= 0.6 is 0 Å². The molecule has 0 saturated heterocycles. The summed E-state index contributed by atoms with van der Waals surface area (Å²) in [5, 5.41) is 9.22. The fourth-order valence-corrected chi connectivity index (χ4v) is 1.97. The van der Waals surface area contributed by atoms with Crippen molar-refractivity contribution >= 4 is 11.8 Å². The number of benzene rings is 1. The summed E-state index contributed by atoms with van der Waals surface area (Å²) >= 11 is 0. The zero-order valence-electron chi connectivity index (χ0n) is 11.9. The van der Waals surface area contributed by atoms with Gasteiger partial charge < -0.3 is 15.6 Å². The highest BCUT2D eigenvalue weighted by Gasteiger charge is 2.20. The first kappa shape index (κ1) is 17.1. The lowest BCUT2D eigenvalue weighted by molar-refractivity contribution is -0.142. The van der Waals surface area contributed by atoms with Gasteiger partial charge in [-0.2, -0.15) is 0 Å². The summed E-state index contributed by atoms with van der Waals surface area (Å²) in [7, 11) is 0. The molecule has 1 rings (SSSR count). The second kappa shape index (κ2) is 8.36. The van der Waals surface area contributed by atoms with Crippen LogP contribution in [-0.2, 0) is 16.0 Å². The van der Waals surface area contributed by atoms with Crippen molar-refractivity contribution < 1.29 is 23.8 Å². The highest BCUT2D eigenvalue weighted by Crippen LogP contribution is 2.19. The smallest absolute Gasteiger partial charge is 0.306 e. The average molecular weight is 296 g/mol. The van der Waals surface area contributed by atoms with Crippen LogP contribution in [0.15, 0.2) is 24.3 Å². The number of carboxylic acid groups (broad SMARTS) is 1. The molecule has 21 heavy (non-hydrogen) atoms. The van der Waals surface area contributed by atoms with Crippen molar-refractivity contribution in [3.63, 3.8) is 0 Å². The maximum atomic E-state index is 12.0. The number of Topliss-reactive ketones (excluding diaryl/α,β-unsaturated/α-hetero) is 1. The summed E-state index contributed by atoms with van der Waals surface area (Å²) in [6, 6.07) is 5.97. The van der Waals surface area contributed by atoms with Crippen LogP contribution in [-0.4, -0.2) is 29.8 Å². The quantitative estimate of drug-likeness (QED) is 0.726. The predicted molar refractivity (Wildman–Crippen MR) is 75.8 cm³/mol. The van der Waals surface area contributed by atoms with E-state index in [0.717, 1.165) is 5.56 Å². The molecule has 0 heterocycles. The van der Waals surface area contributed by atoms with E-state index in [1.54, 1.807) is 24.3 Å². The van der Waals surface area contributed by atoms with E-state index in [1.807, 2.05) is 0 Å². The molecular weight excluding hydrogens is 276 g/mol. The number of carboxylic acids is 1. The number of carbonyl (C=O) groups excluding carboxylic acids is 1. The third-order valence-electron chi connectivity index (χ3n) is 3.32. The van der Waals surface area contributed by atoms with Gasteiger partial charge in [0, 0.05) is 0 Å². The van der Waals surface area contributed by atoms with Crippen LogP contribution in [0.3, 0.4) is 0 Å². The first-order valence-electron chi connectivity index (χ1n) is 6.70. The molecule has 0 radical (unpaired) electrons. The predicted octanol–water partition coefficient (Wildman–Crippen LogP) is 1.93. The van der Waals surface area contributed by atoms with E-state index in [2.05, 4.69) is 4.74 Å². The molecule has 1 aromatic rings. The fourth-order valence-electron chi connectivity index (χ4n) is 1.97. The minimum atomic E-state index is -0.921. The number of aliphatic carboxylic acids is 1. The topological polar surface area (TPSA) is 89.6 Å². The van der Waals surface area contributed by atoms with Gasteiger partial charge in [0.15, 0.2) is 0 Å². The molecule has 0 aromatic heterocycles. The maximum absolute atomic E-state index is 12.0. The number of alkyl halides is 1. The second-order valence-electron chi connectivity index (χ2n) is 4.93. The monoisotopic (exact) mass is 296 g/mol.